The number of benzene rings is 2. The van der Waals surface area contributed by atoms with Crippen molar-refractivity contribution in [3.63, 3.8) is 0 Å². The number of hydrogen-bond acceptors (Lipinski definition) is 1. The summed E-state index contributed by atoms with van der Waals surface area (Å²) in [6, 6.07) is 13.5. The van der Waals surface area contributed by atoms with Crippen molar-refractivity contribution in [1.29, 1.82) is 0 Å². The summed E-state index contributed by atoms with van der Waals surface area (Å²) in [5.74, 6) is 0. The van der Waals surface area contributed by atoms with Crippen LogP contribution in [0.1, 0.15) is 56.2 Å². The maximum atomic E-state index is 3.71. The Bertz CT molecular complexity index is 643. The van der Waals surface area contributed by atoms with Gasteiger partial charge in [0.1, 0.15) is 0 Å². The smallest absolute Gasteiger partial charge is 0.0455 e. The van der Waals surface area contributed by atoms with E-state index in [9.17, 15) is 0 Å². The lowest BCUT2D eigenvalue weighted by molar-refractivity contribution is 0.772. The fourth-order valence-corrected chi connectivity index (χ4v) is 3.78. The van der Waals surface area contributed by atoms with Crippen LogP contribution in [0.5, 0.6) is 0 Å². The molecule has 0 aromatic heterocycles. The minimum atomic E-state index is 1.10. The molecule has 1 N–H and O–H groups in total. The maximum absolute atomic E-state index is 3.71. The van der Waals surface area contributed by atoms with Crippen LogP contribution < -0.4 is 5.32 Å². The molecule has 1 aliphatic heterocycles. The molecule has 3 rings (SSSR count). The zero-order chi connectivity index (χ0) is 16.1. The summed E-state index contributed by atoms with van der Waals surface area (Å²) in [6.45, 7) is 5.69. The van der Waals surface area contributed by atoms with Crippen LogP contribution in [0.4, 0.5) is 5.69 Å². The minimum Gasteiger partial charge on any atom is -0.384 e. The molecule has 1 heteroatoms. The minimum absolute atomic E-state index is 1.10. The average Bonchev–Trinajstić information content (AvgIpc) is 2.61. The van der Waals surface area contributed by atoms with E-state index in [1.54, 1.807) is 11.1 Å². The molecule has 0 atom stereocenters. The van der Waals surface area contributed by atoms with Crippen molar-refractivity contribution in [2.75, 3.05) is 11.9 Å². The zero-order valence-electron chi connectivity index (χ0n) is 14.6. The molecule has 0 aliphatic carbocycles. The van der Waals surface area contributed by atoms with Crippen molar-refractivity contribution in [2.24, 2.45) is 0 Å². The first-order valence-electron chi connectivity index (χ1n) is 9.32. The summed E-state index contributed by atoms with van der Waals surface area (Å²) in [4.78, 5) is 0. The molecule has 0 saturated carbocycles. The molecule has 0 fully saturated rings. The van der Waals surface area contributed by atoms with Crippen molar-refractivity contribution in [3.05, 3.63) is 53.1 Å². The Morgan fingerprint density at radius 1 is 1.00 bits per heavy atom. The van der Waals surface area contributed by atoms with Gasteiger partial charge in [-0.2, -0.15) is 0 Å². The van der Waals surface area contributed by atoms with Gasteiger partial charge >= 0.3 is 0 Å². The van der Waals surface area contributed by atoms with Gasteiger partial charge in [0.2, 0.25) is 0 Å². The molecule has 122 valence electrons. The summed E-state index contributed by atoms with van der Waals surface area (Å²) < 4.78 is 0. The second-order valence-electron chi connectivity index (χ2n) is 6.67. The van der Waals surface area contributed by atoms with Crippen LogP contribution in [-0.4, -0.2) is 6.54 Å². The number of fused-ring (bicyclic) bond motifs is 1. The molecule has 1 heterocycles. The Morgan fingerprint density at radius 2 is 1.83 bits per heavy atom. The lowest BCUT2D eigenvalue weighted by Crippen LogP contribution is -2.15. The van der Waals surface area contributed by atoms with Gasteiger partial charge in [-0.15, -0.1) is 0 Å². The third-order valence-corrected chi connectivity index (χ3v) is 4.90. The van der Waals surface area contributed by atoms with E-state index in [-0.39, 0.29) is 0 Å². The molecule has 1 nitrogen and oxygen atoms in total. The molecule has 1 aliphatic rings. The molecule has 0 radical (unpaired) electrons. The predicted molar refractivity (Wildman–Crippen MR) is 101 cm³/mol. The second kappa shape index (κ2) is 7.68. The number of anilines is 1. The van der Waals surface area contributed by atoms with E-state index in [4.69, 9.17) is 0 Å². The molecule has 0 amide bonds. The number of nitrogens with one attached hydrogen (secondary N) is 1. The summed E-state index contributed by atoms with van der Waals surface area (Å²) in [6.07, 6.45) is 8.63. The van der Waals surface area contributed by atoms with E-state index >= 15 is 0 Å². The Hall–Kier alpha value is -1.76. The topological polar surface area (TPSA) is 12.0 Å². The lowest BCUT2D eigenvalue weighted by Gasteiger charge is -2.26. The lowest BCUT2D eigenvalue weighted by atomic mass is 9.84. The second-order valence-corrected chi connectivity index (χ2v) is 6.67. The first-order valence-corrected chi connectivity index (χ1v) is 9.32. The molecular weight excluding hydrogens is 278 g/mol. The number of unbranched alkanes of at least 4 members (excludes halogenated alkanes) is 1. The quantitative estimate of drug-likeness (QED) is 0.689. The van der Waals surface area contributed by atoms with E-state index in [1.165, 1.54) is 67.3 Å². The third kappa shape index (κ3) is 3.44. The SMILES string of the molecule is CCCCc1cc2c(c(-c3ccccc3)c1CCC)NCCC2. The Balaban J connectivity index is 2.19. The van der Waals surface area contributed by atoms with E-state index in [1.807, 2.05) is 0 Å². The van der Waals surface area contributed by atoms with Crippen LogP contribution in [0.3, 0.4) is 0 Å². The normalized spacial score (nSPS) is 13.5. The summed E-state index contributed by atoms with van der Waals surface area (Å²) >= 11 is 0. The molecular formula is C22H29N. The zero-order valence-corrected chi connectivity index (χ0v) is 14.6. The fraction of sp³-hybridized carbons (Fsp3) is 0.455. The molecule has 0 unspecified atom stereocenters. The van der Waals surface area contributed by atoms with Crippen molar-refractivity contribution >= 4 is 5.69 Å². The summed E-state index contributed by atoms with van der Waals surface area (Å²) in [7, 11) is 0. The van der Waals surface area contributed by atoms with Gasteiger partial charge in [0.25, 0.3) is 0 Å². The van der Waals surface area contributed by atoms with Crippen molar-refractivity contribution in [2.45, 2.75) is 58.8 Å². The highest BCUT2D eigenvalue weighted by molar-refractivity contribution is 5.85. The average molecular weight is 307 g/mol. The van der Waals surface area contributed by atoms with E-state index in [0.29, 0.717) is 0 Å². The molecule has 0 spiro atoms. The van der Waals surface area contributed by atoms with Gasteiger partial charge in [-0.1, -0.05) is 63.1 Å². The van der Waals surface area contributed by atoms with Crippen LogP contribution in [0.25, 0.3) is 11.1 Å². The summed E-state index contributed by atoms with van der Waals surface area (Å²) in [5, 5.41) is 3.71. The molecule has 0 saturated heterocycles. The monoisotopic (exact) mass is 307 g/mol. The van der Waals surface area contributed by atoms with E-state index in [2.05, 4.69) is 55.6 Å². The highest BCUT2D eigenvalue weighted by Gasteiger charge is 2.20. The third-order valence-electron chi connectivity index (χ3n) is 4.90. The number of aryl methyl sites for hydroxylation is 2. The summed E-state index contributed by atoms with van der Waals surface area (Å²) in [5.41, 5.74) is 8.97. The fourth-order valence-electron chi connectivity index (χ4n) is 3.78. The van der Waals surface area contributed by atoms with E-state index in [0.717, 1.165) is 6.54 Å². The van der Waals surface area contributed by atoms with Gasteiger partial charge < -0.3 is 5.32 Å². The van der Waals surface area contributed by atoms with Crippen molar-refractivity contribution in [3.8, 4) is 11.1 Å². The highest BCUT2D eigenvalue weighted by atomic mass is 14.9. The van der Waals surface area contributed by atoms with Crippen LogP contribution >= 0.6 is 0 Å². The Labute approximate surface area is 141 Å². The molecule has 2 aromatic carbocycles. The number of hydrogen-bond donors (Lipinski definition) is 1. The van der Waals surface area contributed by atoms with Gasteiger partial charge in [0.05, 0.1) is 0 Å². The van der Waals surface area contributed by atoms with Crippen molar-refractivity contribution < 1.29 is 0 Å². The van der Waals surface area contributed by atoms with Gasteiger partial charge in [-0.25, -0.2) is 0 Å². The standard InChI is InChI=1S/C22H29N/c1-3-5-11-18-16-19-14-9-15-23-22(19)21(20(18)10-4-2)17-12-7-6-8-13-17/h6-8,12-13,16,23H,3-5,9-11,14-15H2,1-2H3. The van der Waals surface area contributed by atoms with Crippen molar-refractivity contribution in [1.82, 2.24) is 0 Å². The Kier molecular flexibility index (Phi) is 5.38. The van der Waals surface area contributed by atoms with Gasteiger partial charge in [0.15, 0.2) is 0 Å². The van der Waals surface area contributed by atoms with Crippen LogP contribution in [0.2, 0.25) is 0 Å². The van der Waals surface area contributed by atoms with Gasteiger partial charge in [-0.3, -0.25) is 0 Å². The first-order chi connectivity index (χ1) is 11.3. The van der Waals surface area contributed by atoms with Crippen LogP contribution in [-0.2, 0) is 19.3 Å². The maximum Gasteiger partial charge on any atom is 0.0455 e. The molecule has 2 aromatic rings. The highest BCUT2D eigenvalue weighted by Crippen LogP contribution is 2.40. The van der Waals surface area contributed by atoms with Gasteiger partial charge in [-0.05, 0) is 54.4 Å². The Morgan fingerprint density at radius 3 is 2.57 bits per heavy atom. The van der Waals surface area contributed by atoms with E-state index < -0.39 is 0 Å². The predicted octanol–water partition coefficient (Wildman–Crippen LogP) is 6.01. The van der Waals surface area contributed by atoms with Crippen LogP contribution in [0, 0.1) is 0 Å². The molecule has 23 heavy (non-hydrogen) atoms. The van der Waals surface area contributed by atoms with Crippen LogP contribution in [0.15, 0.2) is 36.4 Å². The number of rotatable bonds is 6. The largest absolute Gasteiger partial charge is 0.384 e. The molecule has 0 bridgehead atoms. The first kappa shape index (κ1) is 16.1. The van der Waals surface area contributed by atoms with Gasteiger partial charge in [0, 0.05) is 17.8 Å².